The minimum atomic E-state index is -0.0623. The molecule has 2 atom stereocenters. The van der Waals surface area contributed by atoms with Crippen molar-refractivity contribution in [1.82, 2.24) is 9.88 Å². The summed E-state index contributed by atoms with van der Waals surface area (Å²) in [4.78, 5) is 19.5. The third-order valence-corrected chi connectivity index (χ3v) is 5.24. The first-order valence-electron chi connectivity index (χ1n) is 7.47. The fourth-order valence-electron chi connectivity index (χ4n) is 2.60. The fraction of sp³-hybridized carbons (Fsp3) is 0.733. The van der Waals surface area contributed by atoms with Gasteiger partial charge in [0.05, 0.1) is 6.20 Å². The van der Waals surface area contributed by atoms with E-state index in [-0.39, 0.29) is 23.5 Å². The topological polar surface area (TPSA) is 68.5 Å². The number of piperidine rings is 1. The van der Waals surface area contributed by atoms with Gasteiger partial charge in [0.1, 0.15) is 16.0 Å². The molecule has 1 aliphatic rings. The Morgan fingerprint density at radius 1 is 1.67 bits per heavy atom. The molecule has 1 aliphatic heterocycles. The van der Waals surface area contributed by atoms with E-state index in [0.717, 1.165) is 18.0 Å². The molecule has 21 heavy (non-hydrogen) atoms. The van der Waals surface area contributed by atoms with Crippen molar-refractivity contribution in [1.29, 1.82) is 0 Å². The molecule has 118 valence electrons. The number of thiazole rings is 1. The molecule has 0 bridgehead atoms. The van der Waals surface area contributed by atoms with Crippen LogP contribution in [0.1, 0.15) is 54.9 Å². The molecule has 6 heteroatoms. The maximum atomic E-state index is 12.6. The smallest absolute Gasteiger partial charge is 0.265 e. The first kappa shape index (κ1) is 16.4. The third-order valence-electron chi connectivity index (χ3n) is 4.10. The molecule has 2 unspecified atom stereocenters. The SMILES string of the molecule is CCOC(C)c1ncc(C(=O)N2CCC(N)C(C)(C)C2)s1. The summed E-state index contributed by atoms with van der Waals surface area (Å²) >= 11 is 1.43. The molecule has 2 N–H and O–H groups in total. The van der Waals surface area contributed by atoms with E-state index in [2.05, 4.69) is 18.8 Å². The first-order chi connectivity index (χ1) is 9.85. The van der Waals surface area contributed by atoms with E-state index in [1.165, 1.54) is 11.3 Å². The second-order valence-electron chi connectivity index (χ2n) is 6.27. The summed E-state index contributed by atoms with van der Waals surface area (Å²) in [6, 6.07) is 0.150. The van der Waals surface area contributed by atoms with E-state index in [1.54, 1.807) is 6.20 Å². The summed E-state index contributed by atoms with van der Waals surface area (Å²) < 4.78 is 5.52. The van der Waals surface area contributed by atoms with Crippen molar-refractivity contribution in [2.24, 2.45) is 11.1 Å². The Bertz CT molecular complexity index is 501. The van der Waals surface area contributed by atoms with Gasteiger partial charge in [-0.3, -0.25) is 4.79 Å². The lowest BCUT2D eigenvalue weighted by atomic mass is 9.79. The summed E-state index contributed by atoms with van der Waals surface area (Å²) in [5, 5.41) is 0.855. The van der Waals surface area contributed by atoms with Crippen molar-refractivity contribution < 1.29 is 9.53 Å². The summed E-state index contributed by atoms with van der Waals surface area (Å²) in [6.45, 7) is 10.2. The summed E-state index contributed by atoms with van der Waals surface area (Å²) in [6.07, 6.45) is 2.45. The van der Waals surface area contributed by atoms with Gasteiger partial charge in [-0.05, 0) is 25.7 Å². The number of nitrogens with zero attached hydrogens (tertiary/aromatic N) is 2. The molecule has 2 heterocycles. The maximum absolute atomic E-state index is 12.6. The first-order valence-corrected chi connectivity index (χ1v) is 8.29. The number of carbonyl (C=O) groups is 1. The average molecular weight is 311 g/mol. The predicted molar refractivity (Wildman–Crippen MR) is 84.4 cm³/mol. The molecule has 0 saturated carbocycles. The van der Waals surface area contributed by atoms with Crippen LogP contribution in [0.15, 0.2) is 6.20 Å². The number of hydrogen-bond acceptors (Lipinski definition) is 5. The number of nitrogens with two attached hydrogens (primary N) is 1. The Kier molecular flexibility index (Phi) is 5.01. The Morgan fingerprint density at radius 2 is 2.38 bits per heavy atom. The highest BCUT2D eigenvalue weighted by Crippen LogP contribution is 2.30. The van der Waals surface area contributed by atoms with Crippen LogP contribution in [0, 0.1) is 5.41 Å². The lowest BCUT2D eigenvalue weighted by Gasteiger charge is -2.42. The van der Waals surface area contributed by atoms with Crippen molar-refractivity contribution in [3.63, 3.8) is 0 Å². The zero-order valence-electron chi connectivity index (χ0n) is 13.3. The summed E-state index contributed by atoms with van der Waals surface area (Å²) in [5.41, 5.74) is 6.08. The molecule has 0 spiro atoms. The van der Waals surface area contributed by atoms with Crippen molar-refractivity contribution in [2.75, 3.05) is 19.7 Å². The van der Waals surface area contributed by atoms with E-state index in [9.17, 15) is 4.79 Å². The van der Waals surface area contributed by atoms with E-state index >= 15 is 0 Å². The number of hydrogen-bond donors (Lipinski definition) is 1. The fourth-order valence-corrected chi connectivity index (χ4v) is 3.49. The van der Waals surface area contributed by atoms with Crippen LogP contribution in [0.25, 0.3) is 0 Å². The molecule has 1 fully saturated rings. The van der Waals surface area contributed by atoms with Gasteiger partial charge in [-0.25, -0.2) is 4.98 Å². The molecule has 1 saturated heterocycles. The lowest BCUT2D eigenvalue weighted by Crippen LogP contribution is -2.53. The van der Waals surface area contributed by atoms with E-state index in [1.807, 2.05) is 18.7 Å². The molecule has 5 nitrogen and oxygen atoms in total. The third kappa shape index (κ3) is 3.62. The van der Waals surface area contributed by atoms with Crippen LogP contribution in [0.4, 0.5) is 0 Å². The molecule has 0 aliphatic carbocycles. The zero-order valence-corrected chi connectivity index (χ0v) is 14.1. The predicted octanol–water partition coefficient (Wildman–Crippen LogP) is 2.44. The molecule has 1 amide bonds. The highest BCUT2D eigenvalue weighted by molar-refractivity contribution is 7.13. The van der Waals surface area contributed by atoms with E-state index in [4.69, 9.17) is 10.5 Å². The maximum Gasteiger partial charge on any atom is 0.265 e. The van der Waals surface area contributed by atoms with Crippen LogP contribution in [0.5, 0.6) is 0 Å². The van der Waals surface area contributed by atoms with Crippen molar-refractivity contribution in [3.05, 3.63) is 16.1 Å². The van der Waals surface area contributed by atoms with Gasteiger partial charge in [-0.1, -0.05) is 13.8 Å². The molecule has 0 radical (unpaired) electrons. The lowest BCUT2D eigenvalue weighted by molar-refractivity contribution is 0.0537. The summed E-state index contributed by atoms with van der Waals surface area (Å²) in [7, 11) is 0. The highest BCUT2D eigenvalue weighted by atomic mass is 32.1. The second-order valence-corrected chi connectivity index (χ2v) is 7.33. The number of likely N-dealkylation sites (tertiary alicyclic amines) is 1. The number of amides is 1. The van der Waals surface area contributed by atoms with Crippen LogP contribution >= 0.6 is 11.3 Å². The molecule has 2 rings (SSSR count). The Balaban J connectivity index is 2.07. The molecule has 1 aromatic rings. The van der Waals surface area contributed by atoms with Crippen LogP contribution in [0.3, 0.4) is 0 Å². The van der Waals surface area contributed by atoms with Crippen molar-refractivity contribution in [3.8, 4) is 0 Å². The molecule has 0 aromatic carbocycles. The summed E-state index contributed by atoms with van der Waals surface area (Å²) in [5.74, 6) is 0.0578. The van der Waals surface area contributed by atoms with Crippen molar-refractivity contribution >= 4 is 17.2 Å². The van der Waals surface area contributed by atoms with Gasteiger partial charge in [0, 0.05) is 25.7 Å². The van der Waals surface area contributed by atoms with Gasteiger partial charge >= 0.3 is 0 Å². The quantitative estimate of drug-likeness (QED) is 0.927. The molecule has 1 aromatic heterocycles. The number of rotatable bonds is 4. The Hall–Kier alpha value is -0.980. The van der Waals surface area contributed by atoms with Gasteiger partial charge in [0.15, 0.2) is 0 Å². The Labute approximate surface area is 130 Å². The van der Waals surface area contributed by atoms with Gasteiger partial charge < -0.3 is 15.4 Å². The second kappa shape index (κ2) is 6.42. The van der Waals surface area contributed by atoms with Crippen LogP contribution < -0.4 is 5.73 Å². The monoisotopic (exact) mass is 311 g/mol. The molecular weight excluding hydrogens is 286 g/mol. The van der Waals surface area contributed by atoms with Gasteiger partial charge in [0.25, 0.3) is 5.91 Å². The largest absolute Gasteiger partial charge is 0.372 e. The van der Waals surface area contributed by atoms with Crippen LogP contribution in [-0.2, 0) is 4.74 Å². The number of aromatic nitrogens is 1. The van der Waals surface area contributed by atoms with Gasteiger partial charge in [-0.15, -0.1) is 11.3 Å². The number of ether oxygens (including phenoxy) is 1. The van der Waals surface area contributed by atoms with Gasteiger partial charge in [0.2, 0.25) is 0 Å². The minimum absolute atomic E-state index is 0.0416. The van der Waals surface area contributed by atoms with Crippen LogP contribution in [0.2, 0.25) is 0 Å². The highest BCUT2D eigenvalue weighted by Gasteiger charge is 2.36. The zero-order chi connectivity index (χ0) is 15.6. The van der Waals surface area contributed by atoms with E-state index < -0.39 is 0 Å². The normalized spacial score (nSPS) is 23.1. The number of carbonyl (C=O) groups excluding carboxylic acids is 1. The van der Waals surface area contributed by atoms with Gasteiger partial charge in [-0.2, -0.15) is 0 Å². The van der Waals surface area contributed by atoms with Crippen LogP contribution in [-0.4, -0.2) is 41.5 Å². The van der Waals surface area contributed by atoms with Crippen molar-refractivity contribution in [2.45, 2.75) is 46.3 Å². The Morgan fingerprint density at radius 3 is 3.00 bits per heavy atom. The van der Waals surface area contributed by atoms with E-state index in [0.29, 0.717) is 18.0 Å². The molecular formula is C15H25N3O2S. The minimum Gasteiger partial charge on any atom is -0.372 e. The average Bonchev–Trinajstić information content (AvgIpc) is 2.91. The standard InChI is InChI=1S/C15H25N3O2S/c1-5-20-10(2)13-17-8-11(21-13)14(19)18-7-6-12(16)15(3,4)9-18/h8,10,12H,5-7,9,16H2,1-4H3.